The Bertz CT molecular complexity index is 502. The van der Waals surface area contributed by atoms with Crippen LogP contribution in [0.1, 0.15) is 31.1 Å². The Hall–Kier alpha value is -2.11. The van der Waals surface area contributed by atoms with E-state index in [9.17, 15) is 14.4 Å². The van der Waals surface area contributed by atoms with E-state index in [1.54, 1.807) is 17.8 Å². The first kappa shape index (κ1) is 14.0. The van der Waals surface area contributed by atoms with Crippen LogP contribution in [0.5, 0.6) is 0 Å². The molecule has 0 aromatic carbocycles. The molecule has 18 heavy (non-hydrogen) atoms. The highest BCUT2D eigenvalue weighted by atomic mass is 16.4. The normalized spacial score (nSPS) is 11.1. The molecule has 0 saturated heterocycles. The van der Waals surface area contributed by atoms with Gasteiger partial charge in [0.2, 0.25) is 6.41 Å². The van der Waals surface area contributed by atoms with Crippen molar-refractivity contribution in [1.82, 2.24) is 4.57 Å². The molecule has 0 spiro atoms. The zero-order chi connectivity index (χ0) is 14.1. The maximum atomic E-state index is 11.3. The minimum atomic E-state index is -1.39. The molecule has 0 unspecified atom stereocenters. The van der Waals surface area contributed by atoms with E-state index in [1.807, 2.05) is 0 Å². The number of hydrogen-bond donors (Lipinski definition) is 1. The Balaban J connectivity index is 3.30. The number of rotatable bonds is 5. The van der Waals surface area contributed by atoms with Gasteiger partial charge in [0.15, 0.2) is 5.78 Å². The van der Waals surface area contributed by atoms with Gasteiger partial charge in [0.05, 0.1) is 0 Å². The quantitative estimate of drug-likeness (QED) is 0.627. The van der Waals surface area contributed by atoms with Crippen molar-refractivity contribution in [3.8, 4) is 0 Å². The van der Waals surface area contributed by atoms with E-state index >= 15 is 0 Å². The van der Waals surface area contributed by atoms with Crippen LogP contribution in [0.4, 0.5) is 5.82 Å². The summed E-state index contributed by atoms with van der Waals surface area (Å²) in [7, 11) is 1.65. The first-order valence-corrected chi connectivity index (χ1v) is 5.37. The predicted molar refractivity (Wildman–Crippen MR) is 65.7 cm³/mol. The molecule has 0 aliphatic rings. The molecule has 0 bridgehead atoms. The molecule has 0 fully saturated rings. The first-order valence-electron chi connectivity index (χ1n) is 5.37. The summed E-state index contributed by atoms with van der Waals surface area (Å²) in [5, 5.41) is 9.13. The van der Waals surface area contributed by atoms with Crippen molar-refractivity contribution in [2.45, 2.75) is 26.3 Å². The second-order valence-electron chi connectivity index (χ2n) is 4.59. The Kier molecular flexibility index (Phi) is 3.59. The molecule has 0 saturated carbocycles. The highest BCUT2D eigenvalue weighted by Crippen LogP contribution is 2.24. The maximum absolute atomic E-state index is 11.3. The molecule has 0 aliphatic carbocycles. The van der Waals surface area contributed by atoms with Crippen LogP contribution in [0.25, 0.3) is 0 Å². The number of carboxylic acid groups (broad SMARTS) is 1. The lowest BCUT2D eigenvalue weighted by atomic mass is 10.0. The number of ketones is 1. The SMILES string of the molecule is CC(=O)c1cc(N(C=O)C(C)(C)C(=O)O)n(C)c1. The number of amides is 1. The van der Waals surface area contributed by atoms with Gasteiger partial charge in [0.25, 0.3) is 0 Å². The van der Waals surface area contributed by atoms with E-state index in [4.69, 9.17) is 5.11 Å². The van der Waals surface area contributed by atoms with Crippen LogP contribution in [-0.2, 0) is 16.6 Å². The number of hydrogen-bond acceptors (Lipinski definition) is 3. The Morgan fingerprint density at radius 1 is 1.44 bits per heavy atom. The molecule has 1 heterocycles. The number of carbonyl (C=O) groups excluding carboxylic acids is 2. The molecule has 0 atom stereocenters. The van der Waals surface area contributed by atoms with Gasteiger partial charge in [0, 0.05) is 18.8 Å². The molecular weight excluding hydrogens is 236 g/mol. The smallest absolute Gasteiger partial charge is 0.329 e. The van der Waals surface area contributed by atoms with Crippen molar-refractivity contribution in [3.05, 3.63) is 17.8 Å². The number of nitrogens with zero attached hydrogens (tertiary/aromatic N) is 2. The second-order valence-corrected chi connectivity index (χ2v) is 4.59. The Labute approximate surface area is 105 Å². The van der Waals surface area contributed by atoms with Crippen molar-refractivity contribution in [3.63, 3.8) is 0 Å². The monoisotopic (exact) mass is 252 g/mol. The van der Waals surface area contributed by atoms with Crippen LogP contribution < -0.4 is 4.90 Å². The topological polar surface area (TPSA) is 79.6 Å². The lowest BCUT2D eigenvalue weighted by Gasteiger charge is -2.31. The standard InChI is InChI=1S/C12H16N2O4/c1-8(16)9-5-10(13(4)6-9)14(7-15)12(2,3)11(17)18/h5-7H,1-4H3,(H,17,18). The Morgan fingerprint density at radius 3 is 2.33 bits per heavy atom. The van der Waals surface area contributed by atoms with Crippen molar-refractivity contribution >= 4 is 24.0 Å². The molecule has 1 N–H and O–H groups in total. The van der Waals surface area contributed by atoms with E-state index in [-0.39, 0.29) is 5.78 Å². The zero-order valence-electron chi connectivity index (χ0n) is 10.8. The molecule has 1 rings (SSSR count). The van der Waals surface area contributed by atoms with E-state index in [1.165, 1.54) is 26.8 Å². The van der Waals surface area contributed by atoms with Crippen LogP contribution >= 0.6 is 0 Å². The second kappa shape index (κ2) is 4.64. The van der Waals surface area contributed by atoms with Gasteiger partial charge >= 0.3 is 5.97 Å². The molecule has 0 radical (unpaired) electrons. The van der Waals surface area contributed by atoms with Crippen LogP contribution in [0.15, 0.2) is 12.3 Å². The van der Waals surface area contributed by atoms with E-state index in [0.717, 1.165) is 4.90 Å². The average molecular weight is 252 g/mol. The van der Waals surface area contributed by atoms with Crippen LogP contribution in [0.3, 0.4) is 0 Å². The molecule has 1 aromatic heterocycles. The molecule has 0 aliphatic heterocycles. The van der Waals surface area contributed by atoms with Crippen molar-refractivity contribution in [2.75, 3.05) is 4.90 Å². The summed E-state index contributed by atoms with van der Waals surface area (Å²) in [4.78, 5) is 34.7. The van der Waals surface area contributed by atoms with Gasteiger partial charge in [-0.25, -0.2) is 4.79 Å². The molecule has 98 valence electrons. The van der Waals surface area contributed by atoms with Gasteiger partial charge in [-0.1, -0.05) is 0 Å². The van der Waals surface area contributed by atoms with Gasteiger partial charge in [0.1, 0.15) is 11.4 Å². The molecule has 6 nitrogen and oxygen atoms in total. The minimum absolute atomic E-state index is 0.143. The highest BCUT2D eigenvalue weighted by Gasteiger charge is 2.36. The fourth-order valence-electron chi connectivity index (χ4n) is 1.56. The summed E-state index contributed by atoms with van der Waals surface area (Å²) in [6, 6.07) is 1.50. The zero-order valence-corrected chi connectivity index (χ0v) is 10.8. The number of aryl methyl sites for hydroxylation is 1. The molecular formula is C12H16N2O4. The van der Waals surface area contributed by atoms with E-state index < -0.39 is 11.5 Å². The van der Waals surface area contributed by atoms with Gasteiger partial charge < -0.3 is 9.67 Å². The largest absolute Gasteiger partial charge is 0.480 e. The van der Waals surface area contributed by atoms with Gasteiger partial charge in [-0.15, -0.1) is 0 Å². The molecule has 1 amide bonds. The van der Waals surface area contributed by atoms with Crippen LogP contribution in [-0.4, -0.2) is 33.4 Å². The Morgan fingerprint density at radius 2 is 2.00 bits per heavy atom. The lowest BCUT2D eigenvalue weighted by Crippen LogP contribution is -2.50. The van der Waals surface area contributed by atoms with Crippen LogP contribution in [0.2, 0.25) is 0 Å². The number of Topliss-reactive ketones (excluding diaryl/α,β-unsaturated/α-hetero) is 1. The third-order valence-corrected chi connectivity index (χ3v) is 2.86. The van der Waals surface area contributed by atoms with Gasteiger partial charge in [-0.2, -0.15) is 0 Å². The number of carboxylic acids is 1. The first-order chi connectivity index (χ1) is 8.21. The highest BCUT2D eigenvalue weighted by molar-refractivity contribution is 5.97. The summed E-state index contributed by atoms with van der Waals surface area (Å²) in [5.41, 5.74) is -0.956. The summed E-state index contributed by atoms with van der Waals surface area (Å²) in [6.45, 7) is 4.25. The average Bonchev–Trinajstić information content (AvgIpc) is 2.61. The molecule has 1 aromatic rings. The third kappa shape index (κ3) is 2.27. The van der Waals surface area contributed by atoms with Crippen molar-refractivity contribution in [1.29, 1.82) is 0 Å². The summed E-state index contributed by atoms with van der Waals surface area (Å²) in [5.74, 6) is -0.904. The summed E-state index contributed by atoms with van der Waals surface area (Å²) in [6.07, 6.45) is 2.01. The third-order valence-electron chi connectivity index (χ3n) is 2.86. The van der Waals surface area contributed by atoms with E-state index in [0.29, 0.717) is 17.8 Å². The summed E-state index contributed by atoms with van der Waals surface area (Å²) >= 11 is 0. The minimum Gasteiger partial charge on any atom is -0.480 e. The number of anilines is 1. The predicted octanol–water partition coefficient (Wildman–Crippen LogP) is 1.05. The summed E-state index contributed by atoms with van der Waals surface area (Å²) < 4.78 is 1.55. The van der Waals surface area contributed by atoms with Crippen molar-refractivity contribution < 1.29 is 19.5 Å². The fourth-order valence-corrected chi connectivity index (χ4v) is 1.56. The number of aliphatic carboxylic acids is 1. The maximum Gasteiger partial charge on any atom is 0.329 e. The van der Waals surface area contributed by atoms with Crippen molar-refractivity contribution in [2.24, 2.45) is 7.05 Å². The lowest BCUT2D eigenvalue weighted by molar-refractivity contribution is -0.143. The van der Waals surface area contributed by atoms with E-state index in [2.05, 4.69) is 0 Å². The number of aromatic nitrogens is 1. The fraction of sp³-hybridized carbons (Fsp3) is 0.417. The number of carbonyl (C=O) groups is 3. The van der Waals surface area contributed by atoms with Gasteiger partial charge in [-0.3, -0.25) is 14.5 Å². The molecule has 6 heteroatoms. The van der Waals surface area contributed by atoms with Gasteiger partial charge in [-0.05, 0) is 26.8 Å². The van der Waals surface area contributed by atoms with Crippen LogP contribution in [0, 0.1) is 0 Å².